The Kier molecular flexibility index (Phi) is 7.52. The Morgan fingerprint density at radius 3 is 2.10 bits per heavy atom. The van der Waals surface area contributed by atoms with Crippen LogP contribution >= 0.6 is 0 Å². The fourth-order valence-corrected chi connectivity index (χ4v) is 3.42. The van der Waals surface area contributed by atoms with Gasteiger partial charge in [-0.15, -0.1) is 6.58 Å². The number of rotatable bonds is 10. The number of halogens is 1. The fraction of sp³-hybridized carbons (Fsp3) is 0.500. The molecule has 0 atom stereocenters. The van der Waals surface area contributed by atoms with Gasteiger partial charge in [0.15, 0.2) is 9.84 Å². The van der Waals surface area contributed by atoms with Crippen molar-refractivity contribution in [3.8, 4) is 0 Å². The Morgan fingerprint density at radius 2 is 1.50 bits per heavy atom. The number of unbranched alkanes of at least 4 members (excludes halogenated alkanes) is 6. The highest BCUT2D eigenvalue weighted by atomic mass is 32.2. The molecule has 0 N–H and O–H groups in total. The van der Waals surface area contributed by atoms with Crippen molar-refractivity contribution in [3.05, 3.63) is 42.7 Å². The zero-order valence-electron chi connectivity index (χ0n) is 11.9. The van der Waals surface area contributed by atoms with Gasteiger partial charge in [0, 0.05) is 0 Å². The second-order valence-electron chi connectivity index (χ2n) is 4.97. The predicted octanol–water partition coefficient (Wildman–Crippen LogP) is 4.52. The molecular formula is C16H23FO2S. The van der Waals surface area contributed by atoms with Crippen LogP contribution < -0.4 is 0 Å². The largest absolute Gasteiger partial charge is 0.224 e. The summed E-state index contributed by atoms with van der Waals surface area (Å²) in [6, 6.07) is 5.04. The highest BCUT2D eigenvalue weighted by Crippen LogP contribution is 2.15. The lowest BCUT2D eigenvalue weighted by Crippen LogP contribution is -2.06. The van der Waals surface area contributed by atoms with Gasteiger partial charge in [-0.1, -0.05) is 31.8 Å². The van der Waals surface area contributed by atoms with Gasteiger partial charge in [-0.3, -0.25) is 0 Å². The average molecular weight is 298 g/mol. The van der Waals surface area contributed by atoms with Gasteiger partial charge in [0.1, 0.15) is 5.82 Å². The minimum absolute atomic E-state index is 0.144. The SMILES string of the molecule is C=CCCCCCCCCS(=O)(=O)c1ccc(F)cc1. The Bertz CT molecular complexity index is 492. The van der Waals surface area contributed by atoms with E-state index in [1.54, 1.807) is 0 Å². The number of allylic oxidation sites excluding steroid dienone is 1. The molecule has 4 heteroatoms. The van der Waals surface area contributed by atoms with Crippen LogP contribution in [0.3, 0.4) is 0 Å². The van der Waals surface area contributed by atoms with Crippen molar-refractivity contribution in [1.29, 1.82) is 0 Å². The molecule has 0 unspecified atom stereocenters. The number of hydrogen-bond acceptors (Lipinski definition) is 2. The normalized spacial score (nSPS) is 11.4. The van der Waals surface area contributed by atoms with Crippen molar-refractivity contribution < 1.29 is 12.8 Å². The molecule has 0 spiro atoms. The summed E-state index contributed by atoms with van der Waals surface area (Å²) < 4.78 is 36.7. The van der Waals surface area contributed by atoms with Crippen LogP contribution in [0.5, 0.6) is 0 Å². The van der Waals surface area contributed by atoms with E-state index in [0.29, 0.717) is 6.42 Å². The van der Waals surface area contributed by atoms with E-state index in [2.05, 4.69) is 6.58 Å². The molecule has 0 saturated carbocycles. The van der Waals surface area contributed by atoms with Crippen molar-refractivity contribution in [2.45, 2.75) is 49.8 Å². The quantitative estimate of drug-likeness (QED) is 0.361. The Labute approximate surface area is 121 Å². The lowest BCUT2D eigenvalue weighted by atomic mass is 10.1. The van der Waals surface area contributed by atoms with Gasteiger partial charge in [0.25, 0.3) is 0 Å². The molecule has 20 heavy (non-hydrogen) atoms. The zero-order chi connectivity index (χ0) is 14.8. The summed E-state index contributed by atoms with van der Waals surface area (Å²) in [5.74, 6) is -0.269. The van der Waals surface area contributed by atoms with E-state index in [9.17, 15) is 12.8 Å². The van der Waals surface area contributed by atoms with Crippen LogP contribution in [0, 0.1) is 5.82 Å². The molecule has 0 aliphatic rings. The van der Waals surface area contributed by atoms with E-state index >= 15 is 0 Å². The highest BCUT2D eigenvalue weighted by Gasteiger charge is 2.13. The van der Waals surface area contributed by atoms with Crippen LogP contribution in [0.2, 0.25) is 0 Å². The molecule has 0 fully saturated rings. The predicted molar refractivity (Wildman–Crippen MR) is 81.0 cm³/mol. The third-order valence-electron chi connectivity index (χ3n) is 3.24. The van der Waals surface area contributed by atoms with Crippen molar-refractivity contribution in [3.63, 3.8) is 0 Å². The van der Waals surface area contributed by atoms with E-state index in [0.717, 1.165) is 32.1 Å². The van der Waals surface area contributed by atoms with E-state index in [-0.39, 0.29) is 10.6 Å². The Balaban J connectivity index is 2.23. The summed E-state index contributed by atoms with van der Waals surface area (Å²) in [5, 5.41) is 0. The average Bonchev–Trinajstić information content (AvgIpc) is 2.42. The topological polar surface area (TPSA) is 34.1 Å². The van der Waals surface area contributed by atoms with Gasteiger partial charge in [-0.05, 0) is 43.5 Å². The van der Waals surface area contributed by atoms with Crippen molar-refractivity contribution in [2.24, 2.45) is 0 Å². The van der Waals surface area contributed by atoms with Crippen molar-refractivity contribution in [1.82, 2.24) is 0 Å². The maximum absolute atomic E-state index is 12.8. The first kappa shape index (κ1) is 16.9. The first-order valence-corrected chi connectivity index (χ1v) is 8.81. The summed E-state index contributed by atoms with van der Waals surface area (Å²) in [4.78, 5) is 0.213. The second-order valence-corrected chi connectivity index (χ2v) is 7.08. The van der Waals surface area contributed by atoms with E-state index < -0.39 is 15.7 Å². The van der Waals surface area contributed by atoms with Crippen LogP contribution in [0.15, 0.2) is 41.8 Å². The minimum Gasteiger partial charge on any atom is -0.224 e. The monoisotopic (exact) mass is 298 g/mol. The molecule has 0 aliphatic heterocycles. The van der Waals surface area contributed by atoms with Crippen LogP contribution in [0.1, 0.15) is 44.9 Å². The van der Waals surface area contributed by atoms with Crippen LogP contribution in [-0.2, 0) is 9.84 Å². The maximum Gasteiger partial charge on any atom is 0.178 e. The maximum atomic E-state index is 12.8. The standard InChI is InChI=1S/C16H23FO2S/c1-2-3-4-5-6-7-8-9-14-20(18,19)16-12-10-15(17)11-13-16/h2,10-13H,1,3-9,14H2. The second kappa shape index (κ2) is 8.90. The fourth-order valence-electron chi connectivity index (χ4n) is 2.05. The zero-order valence-corrected chi connectivity index (χ0v) is 12.7. The van der Waals surface area contributed by atoms with Gasteiger partial charge in [-0.25, -0.2) is 12.8 Å². The van der Waals surface area contributed by atoms with E-state index in [1.165, 1.54) is 30.7 Å². The van der Waals surface area contributed by atoms with E-state index in [4.69, 9.17) is 0 Å². The first-order chi connectivity index (χ1) is 9.56. The molecule has 112 valence electrons. The molecular weight excluding hydrogens is 275 g/mol. The van der Waals surface area contributed by atoms with Crippen molar-refractivity contribution in [2.75, 3.05) is 5.75 Å². The summed E-state index contributed by atoms with van der Waals surface area (Å²) in [5.41, 5.74) is 0. The summed E-state index contributed by atoms with van der Waals surface area (Å²) in [7, 11) is -3.26. The Hall–Kier alpha value is -1.16. The van der Waals surface area contributed by atoms with Gasteiger partial charge in [-0.2, -0.15) is 0 Å². The van der Waals surface area contributed by atoms with Gasteiger partial charge in [0.2, 0.25) is 0 Å². The number of hydrogen-bond donors (Lipinski definition) is 0. The molecule has 2 nitrogen and oxygen atoms in total. The summed E-state index contributed by atoms with van der Waals surface area (Å²) in [6.45, 7) is 3.68. The van der Waals surface area contributed by atoms with Gasteiger partial charge < -0.3 is 0 Å². The molecule has 0 saturated heterocycles. The van der Waals surface area contributed by atoms with Crippen molar-refractivity contribution >= 4 is 9.84 Å². The Morgan fingerprint density at radius 1 is 0.950 bits per heavy atom. The van der Waals surface area contributed by atoms with Crippen LogP contribution in [0.4, 0.5) is 4.39 Å². The van der Waals surface area contributed by atoms with Gasteiger partial charge in [0.05, 0.1) is 10.6 Å². The summed E-state index contributed by atoms with van der Waals surface area (Å²) in [6.07, 6.45) is 9.12. The molecule has 0 radical (unpaired) electrons. The van der Waals surface area contributed by atoms with E-state index in [1.807, 2.05) is 6.08 Å². The molecule has 0 heterocycles. The third-order valence-corrected chi connectivity index (χ3v) is 5.06. The third kappa shape index (κ3) is 6.33. The van der Waals surface area contributed by atoms with Crippen LogP contribution in [-0.4, -0.2) is 14.2 Å². The summed E-state index contributed by atoms with van der Waals surface area (Å²) >= 11 is 0. The molecule has 1 rings (SSSR count). The lowest BCUT2D eigenvalue weighted by Gasteiger charge is -2.04. The number of sulfone groups is 1. The minimum atomic E-state index is -3.26. The number of benzene rings is 1. The molecule has 0 aromatic heterocycles. The molecule has 1 aromatic rings. The van der Waals surface area contributed by atoms with Crippen LogP contribution in [0.25, 0.3) is 0 Å². The lowest BCUT2D eigenvalue weighted by molar-refractivity contribution is 0.580. The highest BCUT2D eigenvalue weighted by molar-refractivity contribution is 7.91. The van der Waals surface area contributed by atoms with Gasteiger partial charge >= 0.3 is 0 Å². The molecule has 0 aliphatic carbocycles. The molecule has 0 bridgehead atoms. The first-order valence-electron chi connectivity index (χ1n) is 7.15. The molecule has 1 aromatic carbocycles. The molecule has 0 amide bonds. The smallest absolute Gasteiger partial charge is 0.178 e.